The van der Waals surface area contributed by atoms with Crippen molar-refractivity contribution in [2.75, 3.05) is 10.6 Å². The Bertz CT molecular complexity index is 792. The van der Waals surface area contributed by atoms with Gasteiger partial charge < -0.3 is 16.4 Å². The summed E-state index contributed by atoms with van der Waals surface area (Å²) in [6, 6.07) is 7.97. The molecule has 0 saturated carbocycles. The summed E-state index contributed by atoms with van der Waals surface area (Å²) in [6.07, 6.45) is -4.66. The Morgan fingerprint density at radius 2 is 1.80 bits per heavy atom. The molecule has 2 aromatic rings. The highest BCUT2D eigenvalue weighted by Crippen LogP contribution is 2.35. The number of nitrogens with zero attached hydrogens (tertiary/aromatic N) is 1. The molecular formula is C15H13F3N4O3. The summed E-state index contributed by atoms with van der Waals surface area (Å²) in [7, 11) is 0. The van der Waals surface area contributed by atoms with Crippen LogP contribution in [0.25, 0.3) is 0 Å². The van der Waals surface area contributed by atoms with Gasteiger partial charge in [-0.2, -0.15) is 13.2 Å². The van der Waals surface area contributed by atoms with E-state index in [9.17, 15) is 28.1 Å². The predicted molar refractivity (Wildman–Crippen MR) is 85.1 cm³/mol. The SMILES string of the molecule is NC(=O)Nc1ccc(CNc2ccc(C(F)(F)F)cc2[N+](=O)[O-])cc1. The topological polar surface area (TPSA) is 110 Å². The van der Waals surface area contributed by atoms with Gasteiger partial charge in [-0.15, -0.1) is 0 Å². The van der Waals surface area contributed by atoms with Crippen LogP contribution in [0.2, 0.25) is 0 Å². The number of nitrogens with one attached hydrogen (secondary N) is 2. The number of rotatable bonds is 5. The van der Waals surface area contributed by atoms with Gasteiger partial charge >= 0.3 is 12.2 Å². The molecule has 10 heteroatoms. The quantitative estimate of drug-likeness (QED) is 0.561. The lowest BCUT2D eigenvalue weighted by atomic mass is 10.1. The number of halogens is 3. The van der Waals surface area contributed by atoms with Gasteiger partial charge in [-0.3, -0.25) is 10.1 Å². The number of hydrogen-bond acceptors (Lipinski definition) is 4. The summed E-state index contributed by atoms with van der Waals surface area (Å²) < 4.78 is 38.0. The molecule has 0 aliphatic rings. The summed E-state index contributed by atoms with van der Waals surface area (Å²) in [4.78, 5) is 20.8. The summed E-state index contributed by atoms with van der Waals surface area (Å²) in [6.45, 7) is 0.142. The molecule has 0 heterocycles. The van der Waals surface area contributed by atoms with Gasteiger partial charge in [0.05, 0.1) is 10.5 Å². The lowest BCUT2D eigenvalue weighted by molar-refractivity contribution is -0.384. The van der Waals surface area contributed by atoms with Crippen LogP contribution in [0.15, 0.2) is 42.5 Å². The minimum absolute atomic E-state index is 0.0302. The lowest BCUT2D eigenvalue weighted by Gasteiger charge is -2.11. The zero-order valence-corrected chi connectivity index (χ0v) is 12.6. The van der Waals surface area contributed by atoms with Crippen LogP contribution in [-0.4, -0.2) is 11.0 Å². The number of carbonyl (C=O) groups is 1. The van der Waals surface area contributed by atoms with Crippen molar-refractivity contribution < 1.29 is 22.9 Å². The second kappa shape index (κ2) is 7.07. The number of nitro groups is 1. The molecule has 0 bridgehead atoms. The van der Waals surface area contributed by atoms with Crippen LogP contribution in [0, 0.1) is 10.1 Å². The largest absolute Gasteiger partial charge is 0.416 e. The smallest absolute Gasteiger partial charge is 0.375 e. The van der Waals surface area contributed by atoms with Gasteiger partial charge in [-0.05, 0) is 29.8 Å². The second-order valence-corrected chi connectivity index (χ2v) is 5.03. The first-order valence-electron chi connectivity index (χ1n) is 6.92. The van der Waals surface area contributed by atoms with E-state index in [0.717, 1.165) is 12.1 Å². The third-order valence-electron chi connectivity index (χ3n) is 3.23. The molecule has 2 amide bonds. The van der Waals surface area contributed by atoms with Crippen LogP contribution >= 0.6 is 0 Å². The Kier molecular flexibility index (Phi) is 5.11. The molecule has 0 spiro atoms. The Morgan fingerprint density at radius 1 is 1.16 bits per heavy atom. The van der Waals surface area contributed by atoms with Crippen LogP contribution in [0.5, 0.6) is 0 Å². The molecule has 0 atom stereocenters. The Labute approximate surface area is 139 Å². The number of nitro benzene ring substituents is 1. The summed E-state index contributed by atoms with van der Waals surface area (Å²) in [5.41, 5.74) is 4.36. The molecule has 0 saturated heterocycles. The van der Waals surface area contributed by atoms with Crippen molar-refractivity contribution in [1.82, 2.24) is 0 Å². The maximum Gasteiger partial charge on any atom is 0.416 e. The van der Waals surface area contributed by atoms with Crippen molar-refractivity contribution in [3.63, 3.8) is 0 Å². The van der Waals surface area contributed by atoms with Gasteiger partial charge in [-0.25, -0.2) is 4.79 Å². The Morgan fingerprint density at radius 3 is 2.32 bits per heavy atom. The minimum Gasteiger partial charge on any atom is -0.375 e. The van der Waals surface area contributed by atoms with E-state index in [1.807, 2.05) is 0 Å². The molecule has 25 heavy (non-hydrogen) atoms. The van der Waals surface area contributed by atoms with Crippen molar-refractivity contribution >= 4 is 23.1 Å². The van der Waals surface area contributed by atoms with Crippen molar-refractivity contribution in [3.8, 4) is 0 Å². The number of nitrogens with two attached hydrogens (primary N) is 1. The number of benzene rings is 2. The first-order chi connectivity index (χ1) is 11.7. The van der Waals surface area contributed by atoms with E-state index in [4.69, 9.17) is 5.73 Å². The molecule has 2 rings (SSSR count). The van der Waals surface area contributed by atoms with Gasteiger partial charge in [0.1, 0.15) is 5.69 Å². The van der Waals surface area contributed by atoms with Crippen LogP contribution in [0.4, 0.5) is 35.0 Å². The summed E-state index contributed by atoms with van der Waals surface area (Å²) in [5, 5.41) is 16.1. The van der Waals surface area contributed by atoms with Crippen LogP contribution in [-0.2, 0) is 12.7 Å². The van der Waals surface area contributed by atoms with E-state index >= 15 is 0 Å². The molecule has 2 aromatic carbocycles. The fourth-order valence-electron chi connectivity index (χ4n) is 2.05. The second-order valence-electron chi connectivity index (χ2n) is 5.03. The Balaban J connectivity index is 2.14. The zero-order valence-electron chi connectivity index (χ0n) is 12.6. The Hall–Kier alpha value is -3.30. The zero-order chi connectivity index (χ0) is 18.6. The lowest BCUT2D eigenvalue weighted by Crippen LogP contribution is -2.19. The summed E-state index contributed by atoms with van der Waals surface area (Å²) in [5.74, 6) is 0. The van der Waals surface area contributed by atoms with Crippen LogP contribution in [0.3, 0.4) is 0 Å². The number of alkyl halides is 3. The molecule has 132 valence electrons. The van der Waals surface area contributed by atoms with Crippen LogP contribution < -0.4 is 16.4 Å². The van der Waals surface area contributed by atoms with Crippen molar-refractivity contribution in [2.45, 2.75) is 12.7 Å². The number of urea groups is 1. The van der Waals surface area contributed by atoms with Gasteiger partial charge in [-0.1, -0.05) is 12.1 Å². The van der Waals surface area contributed by atoms with E-state index in [1.165, 1.54) is 0 Å². The monoisotopic (exact) mass is 354 g/mol. The first-order valence-corrected chi connectivity index (χ1v) is 6.92. The average Bonchev–Trinajstić information content (AvgIpc) is 2.52. The maximum atomic E-state index is 12.7. The maximum absolute atomic E-state index is 12.7. The molecule has 0 aliphatic heterocycles. The molecule has 0 fully saturated rings. The predicted octanol–water partition coefficient (Wildman–Crippen LogP) is 3.72. The van der Waals surface area contributed by atoms with Crippen molar-refractivity contribution in [3.05, 3.63) is 63.7 Å². The minimum atomic E-state index is -4.66. The highest BCUT2D eigenvalue weighted by molar-refractivity contribution is 5.87. The third kappa shape index (κ3) is 4.83. The molecule has 4 N–H and O–H groups in total. The van der Waals surface area contributed by atoms with Gasteiger partial charge in [0, 0.05) is 18.3 Å². The molecule has 0 aliphatic carbocycles. The van der Waals surface area contributed by atoms with Gasteiger partial charge in [0.25, 0.3) is 5.69 Å². The number of primary amides is 1. The first kappa shape index (κ1) is 18.0. The molecule has 0 unspecified atom stereocenters. The molecular weight excluding hydrogens is 341 g/mol. The number of anilines is 2. The van der Waals surface area contributed by atoms with Crippen molar-refractivity contribution in [1.29, 1.82) is 0 Å². The number of carbonyl (C=O) groups excluding carboxylic acids is 1. The molecule has 0 radical (unpaired) electrons. The normalized spacial score (nSPS) is 11.0. The van der Waals surface area contributed by atoms with Crippen molar-refractivity contribution in [2.24, 2.45) is 5.73 Å². The summed E-state index contributed by atoms with van der Waals surface area (Å²) >= 11 is 0. The molecule has 0 aromatic heterocycles. The third-order valence-corrected chi connectivity index (χ3v) is 3.23. The highest BCUT2D eigenvalue weighted by atomic mass is 19.4. The van der Waals surface area contributed by atoms with E-state index < -0.39 is 28.4 Å². The standard InChI is InChI=1S/C15H13F3N4O3/c16-15(17,18)10-3-6-12(13(7-10)22(24)25)20-8-9-1-4-11(5-2-9)21-14(19)23/h1-7,20H,8H2,(H3,19,21,23). The van der Waals surface area contributed by atoms with E-state index in [-0.39, 0.29) is 12.2 Å². The van der Waals surface area contributed by atoms with E-state index in [0.29, 0.717) is 17.3 Å². The average molecular weight is 354 g/mol. The number of hydrogen-bond donors (Lipinski definition) is 3. The van der Waals surface area contributed by atoms with E-state index in [2.05, 4.69) is 10.6 Å². The van der Waals surface area contributed by atoms with E-state index in [1.54, 1.807) is 24.3 Å². The van der Waals surface area contributed by atoms with Gasteiger partial charge in [0.15, 0.2) is 0 Å². The fourth-order valence-corrected chi connectivity index (χ4v) is 2.05. The highest BCUT2D eigenvalue weighted by Gasteiger charge is 2.32. The number of amides is 2. The molecule has 7 nitrogen and oxygen atoms in total. The fraction of sp³-hybridized carbons (Fsp3) is 0.133. The van der Waals surface area contributed by atoms with Crippen LogP contribution in [0.1, 0.15) is 11.1 Å². The van der Waals surface area contributed by atoms with Gasteiger partial charge in [0.2, 0.25) is 0 Å².